The fourth-order valence-electron chi connectivity index (χ4n) is 3.15. The van der Waals surface area contributed by atoms with Crippen LogP contribution < -0.4 is 5.73 Å². The quantitative estimate of drug-likeness (QED) is 0.753. The second-order valence-electron chi connectivity index (χ2n) is 5.80. The lowest BCUT2D eigenvalue weighted by atomic mass is 9.94. The molecule has 0 amide bonds. The zero-order chi connectivity index (χ0) is 12.3. The molecule has 0 aromatic heterocycles. The predicted molar refractivity (Wildman–Crippen MR) is 68.4 cm³/mol. The first-order valence-electron chi connectivity index (χ1n) is 6.58. The smallest absolute Gasteiger partial charge is 0.0609 e. The minimum absolute atomic E-state index is 0.0658. The van der Waals surface area contributed by atoms with Crippen molar-refractivity contribution in [3.63, 3.8) is 0 Å². The molecule has 16 heavy (non-hydrogen) atoms. The minimum Gasteiger partial charge on any atom is -0.394 e. The highest BCUT2D eigenvalue weighted by atomic mass is 16.3. The Morgan fingerprint density at radius 2 is 2.12 bits per heavy atom. The zero-order valence-electron chi connectivity index (χ0n) is 11.2. The van der Waals surface area contributed by atoms with Crippen LogP contribution in [-0.4, -0.2) is 40.3 Å². The molecule has 0 aromatic rings. The van der Waals surface area contributed by atoms with E-state index in [0.29, 0.717) is 18.1 Å². The Hall–Kier alpha value is -0.120. The summed E-state index contributed by atoms with van der Waals surface area (Å²) in [5.74, 6) is 0. The summed E-state index contributed by atoms with van der Waals surface area (Å²) in [4.78, 5) is 2.60. The lowest BCUT2D eigenvalue weighted by Gasteiger charge is -2.37. The minimum atomic E-state index is -0.444. The van der Waals surface area contributed by atoms with Gasteiger partial charge in [-0.05, 0) is 46.5 Å². The first-order valence-corrected chi connectivity index (χ1v) is 6.58. The van der Waals surface area contributed by atoms with Crippen molar-refractivity contribution < 1.29 is 5.11 Å². The lowest BCUT2D eigenvalue weighted by molar-refractivity contribution is 0.101. The second-order valence-corrected chi connectivity index (χ2v) is 5.80. The van der Waals surface area contributed by atoms with Crippen molar-refractivity contribution >= 4 is 0 Å². The van der Waals surface area contributed by atoms with Gasteiger partial charge >= 0.3 is 0 Å². The van der Waals surface area contributed by atoms with Crippen LogP contribution in [-0.2, 0) is 0 Å². The molecule has 3 nitrogen and oxygen atoms in total. The number of nitrogens with two attached hydrogens (primary N) is 1. The first kappa shape index (κ1) is 13.9. The highest BCUT2D eigenvalue weighted by molar-refractivity contribution is 4.91. The van der Waals surface area contributed by atoms with Crippen LogP contribution in [0.5, 0.6) is 0 Å². The Bertz CT molecular complexity index is 218. The van der Waals surface area contributed by atoms with Gasteiger partial charge in [-0.1, -0.05) is 6.92 Å². The van der Waals surface area contributed by atoms with Gasteiger partial charge in [-0.3, -0.25) is 4.90 Å². The number of hydrogen-bond donors (Lipinski definition) is 2. The maximum absolute atomic E-state index is 9.23. The maximum Gasteiger partial charge on any atom is 0.0609 e. The van der Waals surface area contributed by atoms with Crippen molar-refractivity contribution in [2.45, 2.75) is 77.0 Å². The van der Waals surface area contributed by atoms with E-state index in [0.717, 1.165) is 6.42 Å². The summed E-state index contributed by atoms with van der Waals surface area (Å²) in [5.41, 5.74) is 5.60. The molecule has 3 N–H and O–H groups in total. The van der Waals surface area contributed by atoms with Gasteiger partial charge in [-0.15, -0.1) is 0 Å². The first-order chi connectivity index (χ1) is 7.41. The molecule has 1 saturated heterocycles. The van der Waals surface area contributed by atoms with Gasteiger partial charge in [0.2, 0.25) is 0 Å². The number of likely N-dealkylation sites (tertiary alicyclic amines) is 1. The number of rotatable bonds is 5. The third kappa shape index (κ3) is 3.19. The molecule has 1 aliphatic rings. The standard InChI is InChI=1S/C13H28N2O/c1-5-12-7-6-10(2)15(12)11(3)8-13(4,14)9-16/h10-12,16H,5-9,14H2,1-4H3. The van der Waals surface area contributed by atoms with Crippen molar-refractivity contribution in [1.29, 1.82) is 0 Å². The van der Waals surface area contributed by atoms with Gasteiger partial charge in [0.1, 0.15) is 0 Å². The van der Waals surface area contributed by atoms with Crippen molar-refractivity contribution in [3.8, 4) is 0 Å². The van der Waals surface area contributed by atoms with Crippen LogP contribution in [0, 0.1) is 0 Å². The summed E-state index contributed by atoms with van der Waals surface area (Å²) in [6, 6.07) is 1.83. The van der Waals surface area contributed by atoms with Gasteiger partial charge in [0.05, 0.1) is 6.61 Å². The summed E-state index contributed by atoms with van der Waals surface area (Å²) in [7, 11) is 0. The third-order valence-electron chi connectivity index (χ3n) is 3.95. The Morgan fingerprint density at radius 1 is 1.50 bits per heavy atom. The van der Waals surface area contributed by atoms with Crippen molar-refractivity contribution in [3.05, 3.63) is 0 Å². The number of hydrogen-bond acceptors (Lipinski definition) is 3. The molecule has 1 heterocycles. The molecule has 3 heteroatoms. The fraction of sp³-hybridized carbons (Fsp3) is 1.00. The van der Waals surface area contributed by atoms with Gasteiger partial charge in [0, 0.05) is 23.7 Å². The summed E-state index contributed by atoms with van der Waals surface area (Å²) in [5, 5.41) is 9.23. The maximum atomic E-state index is 9.23. The van der Waals surface area contributed by atoms with E-state index in [1.54, 1.807) is 0 Å². The summed E-state index contributed by atoms with van der Waals surface area (Å²) >= 11 is 0. The Balaban J connectivity index is 2.61. The average Bonchev–Trinajstić information content (AvgIpc) is 2.59. The van der Waals surface area contributed by atoms with Gasteiger partial charge in [0.25, 0.3) is 0 Å². The van der Waals surface area contributed by atoms with Crippen LogP contribution in [0.4, 0.5) is 0 Å². The van der Waals surface area contributed by atoms with E-state index < -0.39 is 5.54 Å². The zero-order valence-corrected chi connectivity index (χ0v) is 11.2. The van der Waals surface area contributed by atoms with Crippen LogP contribution in [0.25, 0.3) is 0 Å². The molecule has 1 rings (SSSR count). The molecule has 1 aliphatic heterocycles. The molecule has 0 aliphatic carbocycles. The molecule has 1 fully saturated rings. The Labute approximate surface area is 100 Å². The van der Waals surface area contributed by atoms with Gasteiger partial charge in [-0.25, -0.2) is 0 Å². The summed E-state index contributed by atoms with van der Waals surface area (Å²) < 4.78 is 0. The van der Waals surface area contributed by atoms with Crippen molar-refractivity contribution in [2.75, 3.05) is 6.61 Å². The molecule has 0 spiro atoms. The lowest BCUT2D eigenvalue weighted by Crippen LogP contribution is -2.49. The highest BCUT2D eigenvalue weighted by Gasteiger charge is 2.35. The van der Waals surface area contributed by atoms with E-state index in [-0.39, 0.29) is 6.61 Å². The molecule has 4 atom stereocenters. The highest BCUT2D eigenvalue weighted by Crippen LogP contribution is 2.30. The molecular weight excluding hydrogens is 200 g/mol. The van der Waals surface area contributed by atoms with Crippen LogP contribution in [0.1, 0.15) is 53.4 Å². The number of aliphatic hydroxyl groups is 1. The van der Waals surface area contributed by atoms with Crippen LogP contribution in [0.3, 0.4) is 0 Å². The number of aliphatic hydroxyl groups excluding tert-OH is 1. The van der Waals surface area contributed by atoms with E-state index in [1.165, 1.54) is 19.3 Å². The summed E-state index contributed by atoms with van der Waals surface area (Å²) in [6.07, 6.45) is 4.69. The molecule has 0 saturated carbocycles. The van der Waals surface area contributed by atoms with E-state index in [9.17, 15) is 5.11 Å². The molecular formula is C13H28N2O. The SMILES string of the molecule is CCC1CCC(C)N1C(C)CC(C)(N)CO. The molecule has 96 valence electrons. The van der Waals surface area contributed by atoms with Crippen LogP contribution >= 0.6 is 0 Å². The summed E-state index contributed by atoms with van der Waals surface area (Å²) in [6.45, 7) is 8.81. The average molecular weight is 228 g/mol. The monoisotopic (exact) mass is 228 g/mol. The van der Waals surface area contributed by atoms with Gasteiger partial charge < -0.3 is 10.8 Å². The Kier molecular flexibility index (Phi) is 4.77. The van der Waals surface area contributed by atoms with Crippen molar-refractivity contribution in [1.82, 2.24) is 4.90 Å². The molecule has 0 bridgehead atoms. The van der Waals surface area contributed by atoms with Crippen LogP contribution in [0.2, 0.25) is 0 Å². The van der Waals surface area contributed by atoms with Gasteiger partial charge in [0.15, 0.2) is 0 Å². The Morgan fingerprint density at radius 3 is 2.62 bits per heavy atom. The molecule has 0 aromatic carbocycles. The fourth-order valence-corrected chi connectivity index (χ4v) is 3.15. The third-order valence-corrected chi connectivity index (χ3v) is 3.95. The van der Waals surface area contributed by atoms with Crippen molar-refractivity contribution in [2.24, 2.45) is 5.73 Å². The van der Waals surface area contributed by atoms with E-state index in [1.807, 2.05) is 6.92 Å². The van der Waals surface area contributed by atoms with E-state index >= 15 is 0 Å². The van der Waals surface area contributed by atoms with Gasteiger partial charge in [-0.2, -0.15) is 0 Å². The van der Waals surface area contributed by atoms with E-state index in [2.05, 4.69) is 25.7 Å². The van der Waals surface area contributed by atoms with Crippen LogP contribution in [0.15, 0.2) is 0 Å². The second kappa shape index (κ2) is 5.48. The molecule has 4 unspecified atom stereocenters. The number of nitrogens with zero attached hydrogens (tertiary/aromatic N) is 1. The van der Waals surface area contributed by atoms with E-state index in [4.69, 9.17) is 5.73 Å². The topological polar surface area (TPSA) is 49.5 Å². The molecule has 0 radical (unpaired) electrons. The predicted octanol–water partition coefficient (Wildman–Crippen LogP) is 1.74. The normalized spacial score (nSPS) is 32.6. The largest absolute Gasteiger partial charge is 0.394 e.